The molecule has 1 aromatic carbocycles. The highest BCUT2D eigenvalue weighted by Crippen LogP contribution is 2.11. The minimum absolute atomic E-state index is 0.438. The zero-order chi connectivity index (χ0) is 12.8. The molecule has 1 fully saturated rings. The van der Waals surface area contributed by atoms with Crippen molar-refractivity contribution in [3.05, 3.63) is 35.9 Å². The van der Waals surface area contributed by atoms with E-state index in [0.29, 0.717) is 12.1 Å². The van der Waals surface area contributed by atoms with E-state index in [1.165, 1.54) is 18.5 Å². The molecule has 2 unspecified atom stereocenters. The van der Waals surface area contributed by atoms with Crippen molar-refractivity contribution in [1.82, 2.24) is 15.5 Å². The summed E-state index contributed by atoms with van der Waals surface area (Å²) in [5.74, 6) is 0. The van der Waals surface area contributed by atoms with Gasteiger partial charge in [0.25, 0.3) is 0 Å². The summed E-state index contributed by atoms with van der Waals surface area (Å²) in [7, 11) is 2.23. The van der Waals surface area contributed by atoms with Crippen LogP contribution >= 0.6 is 0 Å². The molecule has 0 amide bonds. The van der Waals surface area contributed by atoms with Gasteiger partial charge < -0.3 is 15.5 Å². The van der Waals surface area contributed by atoms with Crippen molar-refractivity contribution in [2.75, 3.05) is 33.2 Å². The minimum Gasteiger partial charge on any atom is -0.314 e. The van der Waals surface area contributed by atoms with Crippen molar-refractivity contribution >= 4 is 0 Å². The first-order valence-corrected chi connectivity index (χ1v) is 6.96. The molecule has 1 aromatic rings. The molecule has 0 aromatic heterocycles. The Bertz CT molecular complexity index is 339. The lowest BCUT2D eigenvalue weighted by Gasteiger charge is -2.33. The van der Waals surface area contributed by atoms with E-state index in [-0.39, 0.29) is 0 Å². The molecule has 0 aliphatic carbocycles. The van der Waals surface area contributed by atoms with Gasteiger partial charge >= 0.3 is 0 Å². The third kappa shape index (κ3) is 3.80. The predicted octanol–water partition coefficient (Wildman–Crippen LogP) is 1.63. The number of hydrogen-bond donors (Lipinski definition) is 2. The number of rotatable bonds is 5. The average Bonchev–Trinajstić information content (AvgIpc) is 2.42. The van der Waals surface area contributed by atoms with Gasteiger partial charge in [-0.15, -0.1) is 0 Å². The van der Waals surface area contributed by atoms with Gasteiger partial charge in [0, 0.05) is 31.7 Å². The maximum Gasteiger partial charge on any atom is 0.0291 e. The molecule has 1 aliphatic rings. The molecule has 2 atom stereocenters. The molecule has 18 heavy (non-hydrogen) atoms. The van der Waals surface area contributed by atoms with E-state index < -0.39 is 0 Å². The summed E-state index contributed by atoms with van der Waals surface area (Å²) >= 11 is 0. The second-order valence-corrected chi connectivity index (χ2v) is 5.21. The van der Waals surface area contributed by atoms with Gasteiger partial charge in [-0.25, -0.2) is 0 Å². The maximum absolute atomic E-state index is 3.61. The smallest absolute Gasteiger partial charge is 0.0291 e. The van der Waals surface area contributed by atoms with Gasteiger partial charge in [0.1, 0.15) is 0 Å². The van der Waals surface area contributed by atoms with Crippen molar-refractivity contribution in [3.63, 3.8) is 0 Å². The first-order valence-electron chi connectivity index (χ1n) is 6.96. The van der Waals surface area contributed by atoms with Crippen molar-refractivity contribution in [3.8, 4) is 0 Å². The Morgan fingerprint density at radius 2 is 2.17 bits per heavy atom. The lowest BCUT2D eigenvalue weighted by atomic mass is 10.1. The Morgan fingerprint density at radius 3 is 2.89 bits per heavy atom. The Balaban J connectivity index is 1.71. The molecule has 2 N–H and O–H groups in total. The summed E-state index contributed by atoms with van der Waals surface area (Å²) in [6.07, 6.45) is 1.21. The zero-order valence-electron chi connectivity index (χ0n) is 11.5. The van der Waals surface area contributed by atoms with Crippen molar-refractivity contribution in [1.29, 1.82) is 0 Å². The third-order valence-corrected chi connectivity index (χ3v) is 3.87. The Hall–Kier alpha value is -0.900. The summed E-state index contributed by atoms with van der Waals surface area (Å²) < 4.78 is 0. The summed E-state index contributed by atoms with van der Waals surface area (Å²) in [5.41, 5.74) is 1.37. The Labute approximate surface area is 111 Å². The van der Waals surface area contributed by atoms with Crippen LogP contribution in [0, 0.1) is 0 Å². The molecule has 3 heteroatoms. The second-order valence-electron chi connectivity index (χ2n) is 5.21. The van der Waals surface area contributed by atoms with E-state index in [2.05, 4.69) is 59.8 Å². The number of piperazine rings is 1. The molecule has 0 bridgehead atoms. The normalized spacial score (nSPS) is 22.9. The third-order valence-electron chi connectivity index (χ3n) is 3.87. The van der Waals surface area contributed by atoms with E-state index >= 15 is 0 Å². The van der Waals surface area contributed by atoms with Crippen molar-refractivity contribution < 1.29 is 0 Å². The molecule has 100 valence electrons. The van der Waals surface area contributed by atoms with Gasteiger partial charge in [-0.1, -0.05) is 30.3 Å². The van der Waals surface area contributed by atoms with E-state index in [1.807, 2.05) is 0 Å². The molecule has 2 rings (SSSR count). The molecule has 3 nitrogen and oxygen atoms in total. The van der Waals surface area contributed by atoms with Crippen LogP contribution in [-0.2, 0) is 0 Å². The molecule has 1 heterocycles. The minimum atomic E-state index is 0.438. The van der Waals surface area contributed by atoms with Crippen LogP contribution in [-0.4, -0.2) is 44.2 Å². The predicted molar refractivity (Wildman–Crippen MR) is 76.8 cm³/mol. The number of nitrogens with zero attached hydrogens (tertiary/aromatic N) is 1. The van der Waals surface area contributed by atoms with E-state index in [1.54, 1.807) is 0 Å². The zero-order valence-corrected chi connectivity index (χ0v) is 11.5. The molecule has 0 spiro atoms. The van der Waals surface area contributed by atoms with Crippen LogP contribution in [0.3, 0.4) is 0 Å². The van der Waals surface area contributed by atoms with E-state index in [4.69, 9.17) is 0 Å². The highest BCUT2D eigenvalue weighted by atomic mass is 15.2. The lowest BCUT2D eigenvalue weighted by Crippen LogP contribution is -2.50. The quantitative estimate of drug-likeness (QED) is 0.828. The molecule has 1 saturated heterocycles. The topological polar surface area (TPSA) is 27.3 Å². The SMILES string of the molecule is CC(NCCC1CNCCN1C)c1ccccc1. The number of nitrogens with one attached hydrogen (secondary N) is 2. The summed E-state index contributed by atoms with van der Waals surface area (Å²) in [5, 5.41) is 7.08. The lowest BCUT2D eigenvalue weighted by molar-refractivity contribution is 0.188. The molecule has 0 radical (unpaired) electrons. The number of benzene rings is 1. The standard InChI is InChI=1S/C15H25N3/c1-13(14-6-4-3-5-7-14)17-9-8-15-12-16-10-11-18(15)2/h3-7,13,15-17H,8-12H2,1-2H3. The van der Waals surface area contributed by atoms with E-state index in [9.17, 15) is 0 Å². The van der Waals surface area contributed by atoms with Gasteiger partial charge in [-0.2, -0.15) is 0 Å². The van der Waals surface area contributed by atoms with Crippen LogP contribution in [0.5, 0.6) is 0 Å². The fourth-order valence-electron chi connectivity index (χ4n) is 2.51. The largest absolute Gasteiger partial charge is 0.314 e. The van der Waals surface area contributed by atoms with Crippen molar-refractivity contribution in [2.45, 2.75) is 25.4 Å². The number of hydrogen-bond acceptors (Lipinski definition) is 3. The fraction of sp³-hybridized carbons (Fsp3) is 0.600. The highest BCUT2D eigenvalue weighted by Gasteiger charge is 2.17. The first kappa shape index (κ1) is 13.5. The Morgan fingerprint density at radius 1 is 1.39 bits per heavy atom. The van der Waals surface area contributed by atoms with Gasteiger partial charge in [-0.3, -0.25) is 0 Å². The van der Waals surface area contributed by atoms with Gasteiger partial charge in [0.15, 0.2) is 0 Å². The van der Waals surface area contributed by atoms with Crippen LogP contribution in [0.2, 0.25) is 0 Å². The van der Waals surface area contributed by atoms with Gasteiger partial charge in [-0.05, 0) is 32.5 Å². The molecule has 0 saturated carbocycles. The summed E-state index contributed by atoms with van der Waals surface area (Å²) in [4.78, 5) is 2.46. The maximum atomic E-state index is 3.61. The van der Waals surface area contributed by atoms with Crippen LogP contribution in [0.25, 0.3) is 0 Å². The highest BCUT2D eigenvalue weighted by molar-refractivity contribution is 5.17. The average molecular weight is 247 g/mol. The second kappa shape index (κ2) is 6.88. The van der Waals surface area contributed by atoms with Crippen LogP contribution in [0.1, 0.15) is 24.9 Å². The van der Waals surface area contributed by atoms with E-state index in [0.717, 1.165) is 19.6 Å². The van der Waals surface area contributed by atoms with Gasteiger partial charge in [0.05, 0.1) is 0 Å². The monoisotopic (exact) mass is 247 g/mol. The molecular formula is C15H25N3. The summed E-state index contributed by atoms with van der Waals surface area (Å²) in [6, 6.07) is 11.8. The van der Waals surface area contributed by atoms with Crippen LogP contribution in [0.4, 0.5) is 0 Å². The van der Waals surface area contributed by atoms with Gasteiger partial charge in [0.2, 0.25) is 0 Å². The first-order chi connectivity index (χ1) is 8.77. The molecule has 1 aliphatic heterocycles. The number of likely N-dealkylation sites (N-methyl/N-ethyl adjacent to an activating group) is 1. The summed E-state index contributed by atoms with van der Waals surface area (Å²) in [6.45, 7) is 6.72. The van der Waals surface area contributed by atoms with Crippen LogP contribution in [0.15, 0.2) is 30.3 Å². The van der Waals surface area contributed by atoms with Crippen LogP contribution < -0.4 is 10.6 Å². The van der Waals surface area contributed by atoms with Crippen molar-refractivity contribution in [2.24, 2.45) is 0 Å². The fourth-order valence-corrected chi connectivity index (χ4v) is 2.51. The molecular weight excluding hydrogens is 222 g/mol. The Kier molecular flexibility index (Phi) is 5.17.